The van der Waals surface area contributed by atoms with E-state index in [1.807, 2.05) is 25.1 Å². The molecule has 0 aromatic heterocycles. The molecule has 19 heavy (non-hydrogen) atoms. The number of ether oxygens (including phenoxy) is 1. The second-order valence-corrected chi connectivity index (χ2v) is 5.28. The summed E-state index contributed by atoms with van der Waals surface area (Å²) in [6.45, 7) is 3.63. The van der Waals surface area contributed by atoms with Crippen LogP contribution in [0.25, 0.3) is 0 Å². The lowest BCUT2D eigenvalue weighted by Gasteiger charge is -2.15. The van der Waals surface area contributed by atoms with Crippen LogP contribution in [-0.2, 0) is 4.79 Å². The van der Waals surface area contributed by atoms with Crippen LogP contribution in [0.3, 0.4) is 0 Å². The number of carbonyl (C=O) groups is 1. The van der Waals surface area contributed by atoms with Crippen molar-refractivity contribution in [3.05, 3.63) is 23.8 Å². The Hall–Kier alpha value is -1.55. The van der Waals surface area contributed by atoms with Gasteiger partial charge in [0, 0.05) is 5.69 Å². The van der Waals surface area contributed by atoms with E-state index in [4.69, 9.17) is 10.5 Å². The Morgan fingerprint density at radius 2 is 2.11 bits per heavy atom. The molecule has 4 heteroatoms. The topological polar surface area (TPSA) is 64.3 Å². The molecule has 0 radical (unpaired) electrons. The summed E-state index contributed by atoms with van der Waals surface area (Å²) in [6.07, 6.45) is 5.15. The third-order valence-electron chi connectivity index (χ3n) is 3.47. The minimum absolute atomic E-state index is 0.174. The zero-order valence-corrected chi connectivity index (χ0v) is 11.6. The van der Waals surface area contributed by atoms with E-state index in [-0.39, 0.29) is 5.91 Å². The van der Waals surface area contributed by atoms with E-state index >= 15 is 0 Å². The lowest BCUT2D eigenvalue weighted by atomic mass is 10.1. The van der Waals surface area contributed by atoms with E-state index in [1.165, 1.54) is 12.8 Å². The number of anilines is 1. The molecule has 2 rings (SSSR count). The molecule has 1 aliphatic rings. The molecule has 0 spiro atoms. The monoisotopic (exact) mass is 262 g/mol. The third kappa shape index (κ3) is 3.70. The number of aryl methyl sites for hydroxylation is 1. The molecule has 1 saturated carbocycles. The molecule has 1 atom stereocenters. The van der Waals surface area contributed by atoms with Crippen molar-refractivity contribution in [3.8, 4) is 5.75 Å². The molecule has 0 heterocycles. The molecule has 0 aliphatic heterocycles. The van der Waals surface area contributed by atoms with Crippen LogP contribution in [0.15, 0.2) is 18.2 Å². The lowest BCUT2D eigenvalue weighted by Crippen LogP contribution is -2.32. The van der Waals surface area contributed by atoms with Crippen LogP contribution in [-0.4, -0.2) is 18.1 Å². The maximum absolute atomic E-state index is 11.6. The van der Waals surface area contributed by atoms with Gasteiger partial charge in [0.05, 0.1) is 12.1 Å². The van der Waals surface area contributed by atoms with Gasteiger partial charge in [-0.15, -0.1) is 0 Å². The van der Waals surface area contributed by atoms with Gasteiger partial charge in [-0.1, -0.05) is 0 Å². The minimum Gasteiger partial charge on any atom is -0.490 e. The summed E-state index contributed by atoms with van der Waals surface area (Å²) in [5, 5.41) is 2.81. The average Bonchev–Trinajstić information content (AvgIpc) is 2.85. The van der Waals surface area contributed by atoms with Gasteiger partial charge in [-0.25, -0.2) is 0 Å². The number of rotatable bonds is 4. The lowest BCUT2D eigenvalue weighted by molar-refractivity contribution is -0.117. The van der Waals surface area contributed by atoms with Gasteiger partial charge < -0.3 is 15.8 Å². The van der Waals surface area contributed by atoms with Crippen molar-refractivity contribution in [3.63, 3.8) is 0 Å². The summed E-state index contributed by atoms with van der Waals surface area (Å²) < 4.78 is 5.93. The Morgan fingerprint density at radius 1 is 1.42 bits per heavy atom. The SMILES string of the molecule is Cc1cc(OC2CCCC2)ccc1NC(=O)C(C)N. The summed E-state index contributed by atoms with van der Waals surface area (Å²) in [5.41, 5.74) is 7.32. The molecule has 0 saturated heterocycles. The number of carbonyl (C=O) groups excluding carboxylic acids is 1. The Balaban J connectivity index is 2.01. The quantitative estimate of drug-likeness (QED) is 0.876. The van der Waals surface area contributed by atoms with Crippen LogP contribution in [0, 0.1) is 6.92 Å². The molecule has 1 amide bonds. The standard InChI is InChI=1S/C15H22N2O2/c1-10-9-13(19-12-5-3-4-6-12)7-8-14(10)17-15(18)11(2)16/h7-9,11-12H,3-6,16H2,1-2H3,(H,17,18). The van der Waals surface area contributed by atoms with E-state index in [2.05, 4.69) is 5.32 Å². The zero-order chi connectivity index (χ0) is 13.8. The van der Waals surface area contributed by atoms with Gasteiger partial charge in [-0.2, -0.15) is 0 Å². The summed E-state index contributed by atoms with van der Waals surface area (Å²) in [4.78, 5) is 11.6. The van der Waals surface area contributed by atoms with Crippen molar-refractivity contribution in [2.45, 2.75) is 51.7 Å². The highest BCUT2D eigenvalue weighted by molar-refractivity contribution is 5.95. The molecular formula is C15H22N2O2. The first-order valence-corrected chi connectivity index (χ1v) is 6.90. The largest absolute Gasteiger partial charge is 0.490 e. The fourth-order valence-corrected chi connectivity index (χ4v) is 2.29. The highest BCUT2D eigenvalue weighted by atomic mass is 16.5. The van der Waals surface area contributed by atoms with Crippen molar-refractivity contribution in [1.82, 2.24) is 0 Å². The van der Waals surface area contributed by atoms with Gasteiger partial charge in [0.15, 0.2) is 0 Å². The number of hydrogen-bond acceptors (Lipinski definition) is 3. The summed E-state index contributed by atoms with van der Waals surface area (Å²) in [5.74, 6) is 0.704. The molecule has 1 aromatic rings. The zero-order valence-electron chi connectivity index (χ0n) is 11.6. The fourth-order valence-electron chi connectivity index (χ4n) is 2.29. The highest BCUT2D eigenvalue weighted by Gasteiger charge is 2.17. The van der Waals surface area contributed by atoms with Crippen molar-refractivity contribution >= 4 is 11.6 Å². The Bertz CT molecular complexity index is 451. The fraction of sp³-hybridized carbons (Fsp3) is 0.533. The van der Waals surface area contributed by atoms with E-state index in [1.54, 1.807) is 6.92 Å². The first-order chi connectivity index (χ1) is 9.06. The molecule has 1 aliphatic carbocycles. The van der Waals surface area contributed by atoms with Crippen molar-refractivity contribution in [2.24, 2.45) is 5.73 Å². The molecule has 1 aromatic carbocycles. The maximum atomic E-state index is 11.6. The molecule has 4 nitrogen and oxygen atoms in total. The molecule has 3 N–H and O–H groups in total. The number of benzene rings is 1. The van der Waals surface area contributed by atoms with Gasteiger partial charge in [0.1, 0.15) is 5.75 Å². The first kappa shape index (κ1) is 13.9. The molecule has 0 bridgehead atoms. The van der Waals surface area contributed by atoms with Gasteiger partial charge in [0.25, 0.3) is 0 Å². The first-order valence-electron chi connectivity index (χ1n) is 6.90. The maximum Gasteiger partial charge on any atom is 0.241 e. The number of amides is 1. The Morgan fingerprint density at radius 3 is 2.68 bits per heavy atom. The number of nitrogens with one attached hydrogen (secondary N) is 1. The predicted molar refractivity (Wildman–Crippen MR) is 76.3 cm³/mol. The van der Waals surface area contributed by atoms with Crippen LogP contribution in [0.5, 0.6) is 5.75 Å². The van der Waals surface area contributed by atoms with Gasteiger partial charge in [-0.3, -0.25) is 4.79 Å². The van der Waals surface area contributed by atoms with Crippen molar-refractivity contribution < 1.29 is 9.53 Å². The smallest absolute Gasteiger partial charge is 0.241 e. The number of nitrogens with two attached hydrogens (primary N) is 1. The third-order valence-corrected chi connectivity index (χ3v) is 3.47. The van der Waals surface area contributed by atoms with Crippen molar-refractivity contribution in [1.29, 1.82) is 0 Å². The Labute approximate surface area is 114 Å². The Kier molecular flexibility index (Phi) is 4.43. The van der Waals surface area contributed by atoms with Crippen LogP contribution >= 0.6 is 0 Å². The molecular weight excluding hydrogens is 240 g/mol. The predicted octanol–water partition coefficient (Wildman–Crippen LogP) is 2.60. The average molecular weight is 262 g/mol. The minimum atomic E-state index is -0.506. The van der Waals surface area contributed by atoms with E-state index < -0.39 is 6.04 Å². The van der Waals surface area contributed by atoms with E-state index in [0.717, 1.165) is 29.8 Å². The molecule has 104 valence electrons. The van der Waals surface area contributed by atoms with Gasteiger partial charge >= 0.3 is 0 Å². The second kappa shape index (κ2) is 6.06. The van der Waals surface area contributed by atoms with Gasteiger partial charge in [-0.05, 0) is 63.3 Å². The van der Waals surface area contributed by atoms with E-state index in [9.17, 15) is 4.79 Å². The van der Waals surface area contributed by atoms with Crippen LogP contribution in [0.4, 0.5) is 5.69 Å². The summed E-state index contributed by atoms with van der Waals surface area (Å²) in [7, 11) is 0. The molecule has 1 unspecified atom stereocenters. The van der Waals surface area contributed by atoms with Crippen molar-refractivity contribution in [2.75, 3.05) is 5.32 Å². The number of hydrogen-bond donors (Lipinski definition) is 2. The van der Waals surface area contributed by atoms with E-state index in [0.29, 0.717) is 6.10 Å². The van der Waals surface area contributed by atoms with Crippen LogP contribution in [0.1, 0.15) is 38.2 Å². The summed E-state index contributed by atoms with van der Waals surface area (Å²) >= 11 is 0. The van der Waals surface area contributed by atoms with Crippen LogP contribution in [0.2, 0.25) is 0 Å². The van der Waals surface area contributed by atoms with Crippen LogP contribution < -0.4 is 15.8 Å². The molecule has 1 fully saturated rings. The normalized spacial score (nSPS) is 17.2. The summed E-state index contributed by atoms with van der Waals surface area (Å²) in [6, 6.07) is 5.24. The second-order valence-electron chi connectivity index (χ2n) is 5.28. The highest BCUT2D eigenvalue weighted by Crippen LogP contribution is 2.27. The van der Waals surface area contributed by atoms with Gasteiger partial charge in [0.2, 0.25) is 5.91 Å².